The summed E-state index contributed by atoms with van der Waals surface area (Å²) in [6.45, 7) is 2.22. The highest BCUT2D eigenvalue weighted by atomic mass is 35.5. The van der Waals surface area contributed by atoms with E-state index in [1.807, 2.05) is 12.1 Å². The zero-order valence-electron chi connectivity index (χ0n) is 11.0. The van der Waals surface area contributed by atoms with Crippen LogP contribution in [0.15, 0.2) is 48.5 Å². The molecule has 0 aliphatic rings. The first kappa shape index (κ1) is 15.7. The number of aryl methyl sites for hydroxylation is 1. The molecule has 0 radical (unpaired) electrons. The summed E-state index contributed by atoms with van der Waals surface area (Å²) >= 11 is 0. The summed E-state index contributed by atoms with van der Waals surface area (Å²) in [7, 11) is 0. The highest BCUT2D eigenvalue weighted by Crippen LogP contribution is 2.23. The number of hydrogen-bond acceptors (Lipinski definition) is 2. The SMILES string of the molecule is Cc1cccc(-c2ccc(C(N)CCO)cc2)c1.Cl. The molecular weight excluding hydrogens is 258 g/mol. The van der Waals surface area contributed by atoms with E-state index in [-0.39, 0.29) is 25.1 Å². The molecule has 2 aromatic carbocycles. The van der Waals surface area contributed by atoms with Crippen molar-refractivity contribution >= 4 is 12.4 Å². The zero-order chi connectivity index (χ0) is 13.0. The second-order valence-corrected chi connectivity index (χ2v) is 4.61. The normalized spacial score (nSPS) is 11.7. The van der Waals surface area contributed by atoms with E-state index in [9.17, 15) is 0 Å². The summed E-state index contributed by atoms with van der Waals surface area (Å²) in [5.74, 6) is 0. The van der Waals surface area contributed by atoms with Gasteiger partial charge in [-0.1, -0.05) is 54.1 Å². The van der Waals surface area contributed by atoms with E-state index in [1.165, 1.54) is 16.7 Å². The Labute approximate surface area is 120 Å². The highest BCUT2D eigenvalue weighted by molar-refractivity contribution is 5.85. The van der Waals surface area contributed by atoms with Gasteiger partial charge in [-0.05, 0) is 30.0 Å². The van der Waals surface area contributed by atoms with E-state index >= 15 is 0 Å². The van der Waals surface area contributed by atoms with Crippen LogP contribution in [0.5, 0.6) is 0 Å². The molecule has 0 fully saturated rings. The van der Waals surface area contributed by atoms with Crippen LogP contribution >= 0.6 is 12.4 Å². The van der Waals surface area contributed by atoms with Crippen molar-refractivity contribution in [2.45, 2.75) is 19.4 Å². The molecule has 3 N–H and O–H groups in total. The summed E-state index contributed by atoms with van der Waals surface area (Å²) < 4.78 is 0. The molecular formula is C16H20ClNO. The average molecular weight is 278 g/mol. The van der Waals surface area contributed by atoms with Gasteiger partial charge in [-0.2, -0.15) is 0 Å². The van der Waals surface area contributed by atoms with Crippen LogP contribution in [-0.4, -0.2) is 11.7 Å². The van der Waals surface area contributed by atoms with Gasteiger partial charge in [-0.25, -0.2) is 0 Å². The van der Waals surface area contributed by atoms with Crippen LogP contribution in [0.1, 0.15) is 23.6 Å². The second kappa shape index (κ2) is 7.29. The first-order valence-corrected chi connectivity index (χ1v) is 6.24. The molecule has 0 aliphatic heterocycles. The lowest BCUT2D eigenvalue weighted by molar-refractivity contribution is 0.276. The summed E-state index contributed by atoms with van der Waals surface area (Å²) in [6.07, 6.45) is 0.601. The predicted molar refractivity (Wildman–Crippen MR) is 82.5 cm³/mol. The van der Waals surface area contributed by atoms with Gasteiger partial charge in [-0.3, -0.25) is 0 Å². The van der Waals surface area contributed by atoms with Gasteiger partial charge in [0, 0.05) is 12.6 Å². The van der Waals surface area contributed by atoms with E-state index in [0.717, 1.165) is 5.56 Å². The highest BCUT2D eigenvalue weighted by Gasteiger charge is 2.05. The maximum absolute atomic E-state index is 8.88. The molecule has 0 bridgehead atoms. The monoisotopic (exact) mass is 277 g/mol. The third kappa shape index (κ3) is 4.06. The van der Waals surface area contributed by atoms with Crippen molar-refractivity contribution in [2.24, 2.45) is 5.73 Å². The molecule has 2 nitrogen and oxygen atoms in total. The number of nitrogens with two attached hydrogens (primary N) is 1. The minimum absolute atomic E-state index is 0. The van der Waals surface area contributed by atoms with Crippen LogP contribution in [0.3, 0.4) is 0 Å². The van der Waals surface area contributed by atoms with E-state index in [1.54, 1.807) is 0 Å². The standard InChI is InChI=1S/C16H19NO.ClH/c1-12-3-2-4-15(11-12)13-5-7-14(8-6-13)16(17)9-10-18;/h2-8,11,16,18H,9-10,17H2,1H3;1H. The Kier molecular flexibility index (Phi) is 6.03. The van der Waals surface area contributed by atoms with E-state index in [0.29, 0.717) is 6.42 Å². The Morgan fingerprint density at radius 2 is 1.74 bits per heavy atom. The van der Waals surface area contributed by atoms with Crippen molar-refractivity contribution in [3.8, 4) is 11.1 Å². The second-order valence-electron chi connectivity index (χ2n) is 4.61. The lowest BCUT2D eigenvalue weighted by Crippen LogP contribution is -2.11. The van der Waals surface area contributed by atoms with Gasteiger partial charge in [0.15, 0.2) is 0 Å². The van der Waals surface area contributed by atoms with Crippen molar-refractivity contribution in [3.05, 3.63) is 59.7 Å². The minimum Gasteiger partial charge on any atom is -0.396 e. The van der Waals surface area contributed by atoms with E-state index in [2.05, 4.69) is 43.3 Å². The average Bonchev–Trinajstić information content (AvgIpc) is 2.39. The fourth-order valence-corrected chi connectivity index (χ4v) is 2.05. The number of aliphatic hydroxyl groups excluding tert-OH is 1. The number of aliphatic hydroxyl groups is 1. The molecule has 0 amide bonds. The maximum Gasteiger partial charge on any atom is 0.0449 e. The molecule has 0 saturated heterocycles. The number of halogens is 1. The van der Waals surface area contributed by atoms with E-state index < -0.39 is 0 Å². The molecule has 1 unspecified atom stereocenters. The largest absolute Gasteiger partial charge is 0.396 e. The van der Waals surface area contributed by atoms with Crippen LogP contribution in [0.4, 0.5) is 0 Å². The van der Waals surface area contributed by atoms with E-state index in [4.69, 9.17) is 10.8 Å². The lowest BCUT2D eigenvalue weighted by atomic mass is 9.99. The topological polar surface area (TPSA) is 46.2 Å². The Morgan fingerprint density at radius 3 is 2.32 bits per heavy atom. The number of benzene rings is 2. The summed E-state index contributed by atoms with van der Waals surface area (Å²) in [4.78, 5) is 0. The fraction of sp³-hybridized carbons (Fsp3) is 0.250. The van der Waals surface area contributed by atoms with Crippen molar-refractivity contribution in [2.75, 3.05) is 6.61 Å². The van der Waals surface area contributed by atoms with Crippen molar-refractivity contribution in [1.29, 1.82) is 0 Å². The van der Waals surface area contributed by atoms with Crippen LogP contribution in [0, 0.1) is 6.92 Å². The Bertz CT molecular complexity index is 510. The fourth-order valence-electron chi connectivity index (χ4n) is 2.05. The molecule has 19 heavy (non-hydrogen) atoms. The predicted octanol–water partition coefficient (Wildman–Crippen LogP) is 3.47. The molecule has 0 aromatic heterocycles. The third-order valence-corrected chi connectivity index (χ3v) is 3.13. The summed E-state index contributed by atoms with van der Waals surface area (Å²) in [5, 5.41) is 8.88. The van der Waals surface area contributed by atoms with Crippen LogP contribution in [0.2, 0.25) is 0 Å². The molecule has 102 valence electrons. The van der Waals surface area contributed by atoms with Crippen molar-refractivity contribution < 1.29 is 5.11 Å². The van der Waals surface area contributed by atoms with Gasteiger partial charge in [0.05, 0.1) is 0 Å². The van der Waals surface area contributed by atoms with Gasteiger partial charge in [-0.15, -0.1) is 12.4 Å². The van der Waals surface area contributed by atoms with Crippen molar-refractivity contribution in [1.82, 2.24) is 0 Å². The van der Waals surface area contributed by atoms with Gasteiger partial charge in [0.2, 0.25) is 0 Å². The van der Waals surface area contributed by atoms with Crippen LogP contribution < -0.4 is 5.73 Å². The number of hydrogen-bond donors (Lipinski definition) is 2. The minimum atomic E-state index is -0.0819. The lowest BCUT2D eigenvalue weighted by Gasteiger charge is -2.11. The molecule has 0 aliphatic carbocycles. The molecule has 2 aromatic rings. The summed E-state index contributed by atoms with van der Waals surface area (Å²) in [5.41, 5.74) is 10.7. The van der Waals surface area contributed by atoms with Crippen LogP contribution in [0.25, 0.3) is 11.1 Å². The first-order chi connectivity index (χ1) is 8.70. The number of rotatable bonds is 4. The van der Waals surface area contributed by atoms with Gasteiger partial charge >= 0.3 is 0 Å². The maximum atomic E-state index is 8.88. The third-order valence-electron chi connectivity index (χ3n) is 3.13. The Balaban J connectivity index is 0.00000180. The quantitative estimate of drug-likeness (QED) is 0.899. The summed E-state index contributed by atoms with van der Waals surface area (Å²) in [6, 6.07) is 16.6. The Hall–Kier alpha value is -1.35. The molecule has 0 saturated carbocycles. The Morgan fingerprint density at radius 1 is 1.05 bits per heavy atom. The zero-order valence-corrected chi connectivity index (χ0v) is 11.9. The first-order valence-electron chi connectivity index (χ1n) is 6.24. The van der Waals surface area contributed by atoms with Crippen LogP contribution in [-0.2, 0) is 0 Å². The molecule has 0 heterocycles. The molecule has 3 heteroatoms. The molecule has 0 spiro atoms. The van der Waals surface area contributed by atoms with Gasteiger partial charge in [0.25, 0.3) is 0 Å². The smallest absolute Gasteiger partial charge is 0.0449 e. The van der Waals surface area contributed by atoms with Gasteiger partial charge < -0.3 is 10.8 Å². The molecule has 1 atom stereocenters. The van der Waals surface area contributed by atoms with Crippen molar-refractivity contribution in [3.63, 3.8) is 0 Å². The van der Waals surface area contributed by atoms with Gasteiger partial charge in [0.1, 0.15) is 0 Å². The molecule has 2 rings (SSSR count).